The highest BCUT2D eigenvalue weighted by atomic mass is 16.5. The molecule has 8 heteroatoms. The van der Waals surface area contributed by atoms with Gasteiger partial charge >= 0.3 is 0 Å². The quantitative estimate of drug-likeness (QED) is 0.651. The minimum absolute atomic E-state index is 0.00209. The van der Waals surface area contributed by atoms with Crippen molar-refractivity contribution in [2.75, 3.05) is 33.3 Å². The Balaban J connectivity index is 1.38. The van der Waals surface area contributed by atoms with Gasteiger partial charge in [-0.15, -0.1) is 0 Å². The fourth-order valence-corrected chi connectivity index (χ4v) is 3.62. The van der Waals surface area contributed by atoms with Crippen LogP contribution in [0, 0.1) is 11.3 Å². The first-order chi connectivity index (χ1) is 14.7. The van der Waals surface area contributed by atoms with Gasteiger partial charge in [-0.25, -0.2) is 9.67 Å². The molecule has 2 aromatic carbocycles. The second-order valence-corrected chi connectivity index (χ2v) is 7.02. The summed E-state index contributed by atoms with van der Waals surface area (Å²) in [4.78, 5) is 20.8. The maximum absolute atomic E-state index is 12.9. The molecule has 0 radical (unpaired) electrons. The molecule has 1 atom stereocenters. The van der Waals surface area contributed by atoms with Crippen molar-refractivity contribution in [2.24, 2.45) is 0 Å². The Kier molecular flexibility index (Phi) is 5.72. The van der Waals surface area contributed by atoms with E-state index in [-0.39, 0.29) is 11.9 Å². The van der Waals surface area contributed by atoms with Crippen LogP contribution >= 0.6 is 0 Å². The first-order valence-corrected chi connectivity index (χ1v) is 9.71. The molecule has 4 rings (SSSR count). The largest absolute Gasteiger partial charge is 0.497 e. The zero-order chi connectivity index (χ0) is 20.9. The Morgan fingerprint density at radius 1 is 1.07 bits per heavy atom. The molecule has 1 aromatic heterocycles. The SMILES string of the molecule is COc1ccc(C(C#N)N2CCN(C(=O)c3ccc(-n4cncn4)cc3)CC2)cc1. The van der Waals surface area contributed by atoms with E-state index >= 15 is 0 Å². The molecule has 1 fully saturated rings. The van der Waals surface area contributed by atoms with E-state index < -0.39 is 0 Å². The lowest BCUT2D eigenvalue weighted by atomic mass is 10.1. The number of nitrogens with zero attached hydrogens (tertiary/aromatic N) is 6. The normalized spacial score (nSPS) is 15.4. The number of hydrogen-bond donors (Lipinski definition) is 0. The minimum atomic E-state index is -0.338. The Hall–Kier alpha value is -3.70. The van der Waals surface area contributed by atoms with Gasteiger partial charge in [-0.05, 0) is 42.0 Å². The summed E-state index contributed by atoms with van der Waals surface area (Å²) in [6.45, 7) is 2.45. The third-order valence-corrected chi connectivity index (χ3v) is 5.32. The van der Waals surface area contributed by atoms with E-state index in [1.165, 1.54) is 6.33 Å². The third kappa shape index (κ3) is 4.02. The monoisotopic (exact) mass is 402 g/mol. The van der Waals surface area contributed by atoms with Crippen LogP contribution < -0.4 is 4.74 Å². The number of ether oxygens (including phenoxy) is 1. The molecule has 0 spiro atoms. The summed E-state index contributed by atoms with van der Waals surface area (Å²) in [5, 5.41) is 13.8. The summed E-state index contributed by atoms with van der Waals surface area (Å²) >= 11 is 0. The van der Waals surface area contributed by atoms with Crippen LogP contribution in [0.1, 0.15) is 22.0 Å². The van der Waals surface area contributed by atoms with Crippen LogP contribution in [-0.2, 0) is 0 Å². The second-order valence-electron chi connectivity index (χ2n) is 7.02. The summed E-state index contributed by atoms with van der Waals surface area (Å²) in [6, 6.07) is 16.9. The maximum atomic E-state index is 12.9. The van der Waals surface area contributed by atoms with Crippen molar-refractivity contribution >= 4 is 5.91 Å². The van der Waals surface area contributed by atoms with Crippen molar-refractivity contribution < 1.29 is 9.53 Å². The summed E-state index contributed by atoms with van der Waals surface area (Å²) in [5.41, 5.74) is 2.42. The van der Waals surface area contributed by atoms with Crippen LogP contribution in [0.3, 0.4) is 0 Å². The van der Waals surface area contributed by atoms with E-state index in [9.17, 15) is 10.1 Å². The molecule has 1 aliphatic heterocycles. The minimum Gasteiger partial charge on any atom is -0.497 e. The van der Waals surface area contributed by atoms with E-state index in [2.05, 4.69) is 21.1 Å². The molecule has 152 valence electrons. The molecule has 1 unspecified atom stereocenters. The fourth-order valence-electron chi connectivity index (χ4n) is 3.62. The molecule has 1 saturated heterocycles. The summed E-state index contributed by atoms with van der Waals surface area (Å²) in [6.07, 6.45) is 3.09. The number of carbonyl (C=O) groups excluding carboxylic acids is 1. The number of methoxy groups -OCH3 is 1. The van der Waals surface area contributed by atoms with Crippen molar-refractivity contribution in [1.29, 1.82) is 5.26 Å². The molecule has 0 bridgehead atoms. The average Bonchev–Trinajstić information content (AvgIpc) is 3.35. The van der Waals surface area contributed by atoms with Crippen molar-refractivity contribution in [3.63, 3.8) is 0 Å². The zero-order valence-electron chi connectivity index (χ0n) is 16.7. The Bertz CT molecular complexity index is 1020. The number of hydrogen-bond acceptors (Lipinski definition) is 6. The van der Waals surface area contributed by atoms with E-state index in [0.717, 1.165) is 17.0 Å². The van der Waals surface area contributed by atoms with E-state index in [4.69, 9.17) is 4.74 Å². The highest BCUT2D eigenvalue weighted by molar-refractivity contribution is 5.94. The molecule has 3 aromatic rings. The van der Waals surface area contributed by atoms with Gasteiger partial charge in [-0.2, -0.15) is 10.4 Å². The van der Waals surface area contributed by atoms with Crippen molar-refractivity contribution in [1.82, 2.24) is 24.6 Å². The molecule has 1 aliphatic rings. The summed E-state index contributed by atoms with van der Waals surface area (Å²) in [5.74, 6) is 0.762. The van der Waals surface area contributed by atoms with Crippen LogP contribution in [0.2, 0.25) is 0 Å². The Morgan fingerprint density at radius 3 is 2.33 bits per heavy atom. The Labute approximate surface area is 174 Å². The zero-order valence-corrected chi connectivity index (χ0v) is 16.7. The van der Waals surface area contributed by atoms with Crippen LogP contribution in [0.5, 0.6) is 5.75 Å². The van der Waals surface area contributed by atoms with E-state index in [0.29, 0.717) is 31.7 Å². The average molecular weight is 402 g/mol. The van der Waals surface area contributed by atoms with Gasteiger partial charge in [0.1, 0.15) is 24.4 Å². The third-order valence-electron chi connectivity index (χ3n) is 5.32. The number of aromatic nitrogens is 3. The number of carbonyl (C=O) groups is 1. The number of piperazine rings is 1. The Morgan fingerprint density at radius 2 is 1.77 bits per heavy atom. The highest BCUT2D eigenvalue weighted by Gasteiger charge is 2.27. The molecule has 0 saturated carbocycles. The van der Waals surface area contributed by atoms with E-state index in [1.807, 2.05) is 41.3 Å². The van der Waals surface area contributed by atoms with Crippen LogP contribution in [0.4, 0.5) is 0 Å². The van der Waals surface area contributed by atoms with Gasteiger partial charge < -0.3 is 9.64 Å². The molecule has 30 heavy (non-hydrogen) atoms. The van der Waals surface area contributed by atoms with Gasteiger partial charge in [0.25, 0.3) is 5.91 Å². The molecular formula is C22H22N6O2. The standard InChI is InChI=1S/C22H22N6O2/c1-30-20-8-4-17(5-9-20)21(14-23)26-10-12-27(13-11-26)22(29)18-2-6-19(7-3-18)28-16-24-15-25-28/h2-9,15-16,21H,10-13H2,1H3. The lowest BCUT2D eigenvalue weighted by Crippen LogP contribution is -2.49. The fraction of sp³-hybridized carbons (Fsp3) is 0.273. The first-order valence-electron chi connectivity index (χ1n) is 9.71. The molecule has 0 N–H and O–H groups in total. The van der Waals surface area contributed by atoms with Crippen molar-refractivity contribution in [3.05, 3.63) is 72.3 Å². The van der Waals surface area contributed by atoms with Gasteiger partial charge in [-0.3, -0.25) is 9.69 Å². The molecule has 0 aliphatic carbocycles. The van der Waals surface area contributed by atoms with Gasteiger partial charge in [0.2, 0.25) is 0 Å². The maximum Gasteiger partial charge on any atom is 0.253 e. The smallest absolute Gasteiger partial charge is 0.253 e. The molecule has 1 amide bonds. The molecule has 8 nitrogen and oxygen atoms in total. The van der Waals surface area contributed by atoms with Crippen molar-refractivity contribution in [3.8, 4) is 17.5 Å². The highest BCUT2D eigenvalue weighted by Crippen LogP contribution is 2.24. The number of amides is 1. The van der Waals surface area contributed by atoms with Gasteiger partial charge in [0.15, 0.2) is 0 Å². The van der Waals surface area contributed by atoms with E-state index in [1.54, 1.807) is 30.3 Å². The van der Waals surface area contributed by atoms with Crippen LogP contribution in [0.15, 0.2) is 61.2 Å². The lowest BCUT2D eigenvalue weighted by Gasteiger charge is -2.37. The van der Waals surface area contributed by atoms with Gasteiger partial charge in [0.05, 0.1) is 18.9 Å². The first kappa shape index (κ1) is 19.6. The molecular weight excluding hydrogens is 380 g/mol. The second kappa shape index (κ2) is 8.76. The number of benzene rings is 2. The van der Waals surface area contributed by atoms with Gasteiger partial charge in [0, 0.05) is 31.7 Å². The van der Waals surface area contributed by atoms with Crippen molar-refractivity contribution in [2.45, 2.75) is 6.04 Å². The van der Waals surface area contributed by atoms with Gasteiger partial charge in [-0.1, -0.05) is 12.1 Å². The topological polar surface area (TPSA) is 87.3 Å². The predicted molar refractivity (Wildman–Crippen MR) is 110 cm³/mol. The number of rotatable bonds is 5. The van der Waals surface area contributed by atoms with Crippen LogP contribution in [-0.4, -0.2) is 63.8 Å². The predicted octanol–water partition coefficient (Wildman–Crippen LogP) is 2.30. The lowest BCUT2D eigenvalue weighted by molar-refractivity contribution is 0.0606. The number of nitriles is 1. The van der Waals surface area contributed by atoms with Crippen LogP contribution in [0.25, 0.3) is 5.69 Å². The summed E-state index contributed by atoms with van der Waals surface area (Å²) < 4.78 is 6.84. The summed E-state index contributed by atoms with van der Waals surface area (Å²) in [7, 11) is 1.62. The molecule has 2 heterocycles.